The lowest BCUT2D eigenvalue weighted by Gasteiger charge is -2.10. The average molecular weight is 186 g/mol. The first kappa shape index (κ1) is 11.8. The molecule has 0 bridgehead atoms. The van der Waals surface area contributed by atoms with Crippen LogP contribution in [0.1, 0.15) is 26.7 Å². The molecule has 0 fully saturated rings. The molecule has 0 radical (unpaired) electrons. The summed E-state index contributed by atoms with van der Waals surface area (Å²) in [4.78, 5) is 32.9. The molecule has 1 atom stereocenters. The Kier molecular flexibility index (Phi) is 4.91. The number of rotatable bonds is 5. The van der Waals surface area contributed by atoms with Crippen molar-refractivity contribution in [1.82, 2.24) is 5.43 Å². The van der Waals surface area contributed by atoms with Crippen molar-refractivity contribution in [1.29, 1.82) is 0 Å². The number of Topliss-reactive ketones (excluding diaryl/α,β-unsaturated/α-hetero) is 2. The van der Waals surface area contributed by atoms with Crippen molar-refractivity contribution in [2.45, 2.75) is 26.7 Å². The molecule has 0 aliphatic carbocycles. The van der Waals surface area contributed by atoms with Gasteiger partial charge in [-0.25, -0.2) is 5.84 Å². The van der Waals surface area contributed by atoms with E-state index in [1.165, 1.54) is 0 Å². The SMILES string of the molecule is CCCC(C(=O)NN)C(=O)C(C)=O. The smallest absolute Gasteiger partial charge is 0.244 e. The maximum atomic E-state index is 11.2. The van der Waals surface area contributed by atoms with Gasteiger partial charge in [0.25, 0.3) is 0 Å². The molecule has 3 N–H and O–H groups in total. The van der Waals surface area contributed by atoms with E-state index in [0.29, 0.717) is 12.8 Å². The minimum absolute atomic E-state index is 0.349. The van der Waals surface area contributed by atoms with E-state index in [1.807, 2.05) is 12.3 Å². The molecular formula is C8H14N2O3. The molecule has 5 heteroatoms. The number of nitrogens with two attached hydrogens (primary N) is 1. The van der Waals surface area contributed by atoms with Gasteiger partial charge < -0.3 is 0 Å². The van der Waals surface area contributed by atoms with Gasteiger partial charge in [-0.2, -0.15) is 0 Å². The van der Waals surface area contributed by atoms with Crippen molar-refractivity contribution >= 4 is 17.5 Å². The zero-order valence-corrected chi connectivity index (χ0v) is 7.79. The highest BCUT2D eigenvalue weighted by molar-refractivity contribution is 6.40. The van der Waals surface area contributed by atoms with Gasteiger partial charge in [-0.05, 0) is 6.42 Å². The van der Waals surface area contributed by atoms with E-state index < -0.39 is 23.4 Å². The van der Waals surface area contributed by atoms with Crippen LogP contribution in [0.15, 0.2) is 0 Å². The maximum absolute atomic E-state index is 11.2. The molecule has 0 aromatic heterocycles. The number of ketones is 2. The first-order valence-electron chi connectivity index (χ1n) is 4.09. The monoisotopic (exact) mass is 186 g/mol. The summed E-state index contributed by atoms with van der Waals surface area (Å²) < 4.78 is 0. The number of hydrogen-bond donors (Lipinski definition) is 2. The van der Waals surface area contributed by atoms with Gasteiger partial charge in [0.1, 0.15) is 5.92 Å². The zero-order valence-electron chi connectivity index (χ0n) is 7.79. The molecule has 13 heavy (non-hydrogen) atoms. The van der Waals surface area contributed by atoms with Crippen LogP contribution in [0.2, 0.25) is 0 Å². The van der Waals surface area contributed by atoms with Crippen LogP contribution in [0.4, 0.5) is 0 Å². The molecule has 74 valence electrons. The summed E-state index contributed by atoms with van der Waals surface area (Å²) >= 11 is 0. The van der Waals surface area contributed by atoms with Crippen molar-refractivity contribution in [3.05, 3.63) is 0 Å². The van der Waals surface area contributed by atoms with Crippen LogP contribution in [0.25, 0.3) is 0 Å². The van der Waals surface area contributed by atoms with E-state index in [9.17, 15) is 14.4 Å². The topological polar surface area (TPSA) is 89.3 Å². The lowest BCUT2D eigenvalue weighted by molar-refractivity contribution is -0.142. The van der Waals surface area contributed by atoms with E-state index >= 15 is 0 Å². The van der Waals surface area contributed by atoms with E-state index in [-0.39, 0.29) is 0 Å². The van der Waals surface area contributed by atoms with Gasteiger partial charge in [0.2, 0.25) is 11.7 Å². The molecule has 0 aromatic rings. The fourth-order valence-corrected chi connectivity index (χ4v) is 1.02. The number of carbonyl (C=O) groups is 3. The van der Waals surface area contributed by atoms with Crippen molar-refractivity contribution < 1.29 is 14.4 Å². The highest BCUT2D eigenvalue weighted by Crippen LogP contribution is 2.08. The predicted molar refractivity (Wildman–Crippen MR) is 46.4 cm³/mol. The van der Waals surface area contributed by atoms with Crippen molar-refractivity contribution in [3.8, 4) is 0 Å². The molecule has 0 heterocycles. The summed E-state index contributed by atoms with van der Waals surface area (Å²) in [6.07, 6.45) is 0.999. The summed E-state index contributed by atoms with van der Waals surface area (Å²) in [5.74, 6) is 2.07. The summed E-state index contributed by atoms with van der Waals surface area (Å²) in [7, 11) is 0. The van der Waals surface area contributed by atoms with Gasteiger partial charge in [-0.3, -0.25) is 19.8 Å². The Hall–Kier alpha value is -1.23. The second-order valence-electron chi connectivity index (χ2n) is 2.77. The lowest BCUT2D eigenvalue weighted by atomic mass is 9.96. The predicted octanol–water partition coefficient (Wildman–Crippen LogP) is -0.449. The van der Waals surface area contributed by atoms with Crippen LogP contribution in [0, 0.1) is 5.92 Å². The summed E-state index contributed by atoms with van der Waals surface area (Å²) in [5.41, 5.74) is 1.87. The van der Waals surface area contributed by atoms with Gasteiger partial charge in [-0.15, -0.1) is 0 Å². The van der Waals surface area contributed by atoms with Gasteiger partial charge >= 0.3 is 0 Å². The minimum atomic E-state index is -0.924. The molecule has 0 aliphatic heterocycles. The average Bonchev–Trinajstić information content (AvgIpc) is 2.11. The van der Waals surface area contributed by atoms with E-state index in [4.69, 9.17) is 5.84 Å². The largest absolute Gasteiger partial charge is 0.294 e. The van der Waals surface area contributed by atoms with E-state index in [1.54, 1.807) is 0 Å². The van der Waals surface area contributed by atoms with Crippen LogP contribution in [-0.2, 0) is 14.4 Å². The Bertz CT molecular complexity index is 225. The van der Waals surface area contributed by atoms with Crippen molar-refractivity contribution in [2.75, 3.05) is 0 Å². The van der Waals surface area contributed by atoms with Crippen LogP contribution in [0.5, 0.6) is 0 Å². The zero-order chi connectivity index (χ0) is 10.4. The van der Waals surface area contributed by atoms with E-state index in [0.717, 1.165) is 6.92 Å². The molecule has 0 saturated carbocycles. The maximum Gasteiger partial charge on any atom is 0.244 e. The summed E-state index contributed by atoms with van der Waals surface area (Å²) in [6, 6.07) is 0. The van der Waals surface area contributed by atoms with Gasteiger partial charge in [-0.1, -0.05) is 13.3 Å². The van der Waals surface area contributed by atoms with Crippen LogP contribution < -0.4 is 11.3 Å². The summed E-state index contributed by atoms with van der Waals surface area (Å²) in [6.45, 7) is 2.97. The van der Waals surface area contributed by atoms with Gasteiger partial charge in [0.05, 0.1) is 0 Å². The fraction of sp³-hybridized carbons (Fsp3) is 0.625. The molecule has 1 amide bonds. The normalized spacial score (nSPS) is 11.9. The second-order valence-corrected chi connectivity index (χ2v) is 2.77. The Labute approximate surface area is 76.6 Å². The van der Waals surface area contributed by atoms with Gasteiger partial charge in [0.15, 0.2) is 5.78 Å². The van der Waals surface area contributed by atoms with Crippen molar-refractivity contribution in [2.24, 2.45) is 11.8 Å². The highest BCUT2D eigenvalue weighted by atomic mass is 16.2. The van der Waals surface area contributed by atoms with E-state index in [2.05, 4.69) is 0 Å². The number of carbonyl (C=O) groups excluding carboxylic acids is 3. The third-order valence-electron chi connectivity index (χ3n) is 1.70. The first-order valence-corrected chi connectivity index (χ1v) is 4.09. The first-order chi connectivity index (χ1) is 6.04. The third-order valence-corrected chi connectivity index (χ3v) is 1.70. The molecule has 1 unspecified atom stereocenters. The molecule has 0 aromatic carbocycles. The van der Waals surface area contributed by atoms with Gasteiger partial charge in [0, 0.05) is 6.92 Å². The Morgan fingerprint density at radius 3 is 2.23 bits per heavy atom. The number of hydrazine groups is 1. The lowest BCUT2D eigenvalue weighted by Crippen LogP contribution is -2.41. The Balaban J connectivity index is 4.50. The highest BCUT2D eigenvalue weighted by Gasteiger charge is 2.27. The quantitative estimate of drug-likeness (QED) is 0.200. The van der Waals surface area contributed by atoms with Crippen LogP contribution in [0.3, 0.4) is 0 Å². The number of nitrogens with one attached hydrogen (secondary N) is 1. The number of hydrogen-bond acceptors (Lipinski definition) is 4. The minimum Gasteiger partial charge on any atom is -0.294 e. The molecular weight excluding hydrogens is 172 g/mol. The molecule has 0 rings (SSSR count). The summed E-state index contributed by atoms with van der Waals surface area (Å²) in [5, 5.41) is 0. The molecule has 0 spiro atoms. The molecule has 5 nitrogen and oxygen atoms in total. The van der Waals surface area contributed by atoms with Crippen LogP contribution >= 0.6 is 0 Å². The number of amides is 1. The Morgan fingerprint density at radius 1 is 1.38 bits per heavy atom. The van der Waals surface area contributed by atoms with Crippen LogP contribution in [-0.4, -0.2) is 17.5 Å². The molecule has 0 aliphatic rings. The fourth-order valence-electron chi connectivity index (χ4n) is 1.02. The second kappa shape index (κ2) is 5.42. The standard InChI is InChI=1S/C8H14N2O3/c1-3-4-6(8(13)10-9)7(12)5(2)11/h6H,3-4,9H2,1-2H3,(H,10,13). The van der Waals surface area contributed by atoms with Crippen molar-refractivity contribution in [3.63, 3.8) is 0 Å². The molecule has 0 saturated heterocycles. The third kappa shape index (κ3) is 3.33. The Morgan fingerprint density at radius 2 is 1.92 bits per heavy atom.